The molecule has 1 rings (SSSR count). The Hall–Kier alpha value is -1.02. The minimum atomic E-state index is 0.638. The Kier molecular flexibility index (Phi) is 6.71. The van der Waals surface area contributed by atoms with Gasteiger partial charge in [-0.25, -0.2) is 0 Å². The van der Waals surface area contributed by atoms with Crippen LogP contribution in [0.15, 0.2) is 30.3 Å². The van der Waals surface area contributed by atoms with Crippen molar-refractivity contribution in [1.29, 1.82) is 0 Å². The molecule has 17 heavy (non-hydrogen) atoms. The predicted molar refractivity (Wildman–Crippen MR) is 76.7 cm³/mol. The van der Waals surface area contributed by atoms with Crippen molar-refractivity contribution in [2.24, 2.45) is 0 Å². The Labute approximate surface area is 106 Å². The number of hydrogen-bond donors (Lipinski definition) is 1. The second-order valence-electron chi connectivity index (χ2n) is 4.75. The summed E-state index contributed by atoms with van der Waals surface area (Å²) < 4.78 is 0. The highest BCUT2D eigenvalue weighted by Gasteiger charge is 2.02. The summed E-state index contributed by atoms with van der Waals surface area (Å²) in [5, 5.41) is 3.53. The van der Waals surface area contributed by atoms with Gasteiger partial charge in [-0.15, -0.1) is 0 Å². The number of rotatable bonds is 8. The molecule has 0 aliphatic heterocycles. The molecule has 0 bridgehead atoms. The average molecular weight is 234 g/mol. The molecule has 0 aliphatic rings. The maximum absolute atomic E-state index is 3.53. The van der Waals surface area contributed by atoms with Crippen LogP contribution in [0.5, 0.6) is 0 Å². The van der Waals surface area contributed by atoms with Crippen molar-refractivity contribution in [2.75, 3.05) is 25.0 Å². The average Bonchev–Trinajstić information content (AvgIpc) is 2.37. The van der Waals surface area contributed by atoms with Crippen LogP contribution in [-0.4, -0.2) is 26.2 Å². The zero-order valence-electron chi connectivity index (χ0n) is 11.4. The summed E-state index contributed by atoms with van der Waals surface area (Å²) in [5.41, 5.74) is 1.31. The molecule has 1 aromatic carbocycles. The minimum absolute atomic E-state index is 0.638. The van der Waals surface area contributed by atoms with Crippen molar-refractivity contribution in [2.45, 2.75) is 39.2 Å². The van der Waals surface area contributed by atoms with E-state index in [2.05, 4.69) is 61.4 Å². The molecule has 1 atom stereocenters. The molecule has 0 heterocycles. The lowest BCUT2D eigenvalue weighted by Crippen LogP contribution is -2.28. The van der Waals surface area contributed by atoms with Crippen LogP contribution in [0.4, 0.5) is 5.69 Å². The second-order valence-corrected chi connectivity index (χ2v) is 4.75. The van der Waals surface area contributed by atoms with Crippen LogP contribution >= 0.6 is 0 Å². The fraction of sp³-hybridized carbons (Fsp3) is 0.600. The number of anilines is 1. The molecular formula is C15H26N2. The SMILES string of the molecule is CCCNC(C)CCCN(C)c1ccccc1. The number of benzene rings is 1. The van der Waals surface area contributed by atoms with Gasteiger partial charge in [0.25, 0.3) is 0 Å². The van der Waals surface area contributed by atoms with Gasteiger partial charge in [0, 0.05) is 25.3 Å². The van der Waals surface area contributed by atoms with Crippen molar-refractivity contribution >= 4 is 5.69 Å². The van der Waals surface area contributed by atoms with Gasteiger partial charge in [-0.2, -0.15) is 0 Å². The van der Waals surface area contributed by atoms with Crippen molar-refractivity contribution in [3.05, 3.63) is 30.3 Å². The van der Waals surface area contributed by atoms with E-state index in [0.29, 0.717) is 6.04 Å². The Balaban J connectivity index is 2.18. The summed E-state index contributed by atoms with van der Waals surface area (Å²) in [6.45, 7) is 6.75. The van der Waals surface area contributed by atoms with E-state index in [0.717, 1.165) is 13.1 Å². The number of hydrogen-bond acceptors (Lipinski definition) is 2. The molecule has 2 nitrogen and oxygen atoms in total. The van der Waals surface area contributed by atoms with E-state index < -0.39 is 0 Å². The van der Waals surface area contributed by atoms with Crippen LogP contribution in [0.3, 0.4) is 0 Å². The lowest BCUT2D eigenvalue weighted by atomic mass is 10.1. The van der Waals surface area contributed by atoms with Crippen LogP contribution in [0, 0.1) is 0 Å². The van der Waals surface area contributed by atoms with Gasteiger partial charge in [-0.3, -0.25) is 0 Å². The van der Waals surface area contributed by atoms with Crippen LogP contribution in [-0.2, 0) is 0 Å². The van der Waals surface area contributed by atoms with E-state index in [-0.39, 0.29) is 0 Å². The third-order valence-electron chi connectivity index (χ3n) is 3.07. The summed E-state index contributed by atoms with van der Waals surface area (Å²) in [6.07, 6.45) is 3.70. The molecule has 0 saturated heterocycles. The molecule has 0 amide bonds. The molecule has 0 aromatic heterocycles. The molecule has 0 spiro atoms. The molecule has 2 heteroatoms. The monoisotopic (exact) mass is 234 g/mol. The number of nitrogens with zero attached hydrogens (tertiary/aromatic N) is 1. The van der Waals surface area contributed by atoms with E-state index >= 15 is 0 Å². The van der Waals surface area contributed by atoms with Crippen LogP contribution < -0.4 is 10.2 Å². The highest BCUT2D eigenvalue weighted by molar-refractivity contribution is 5.44. The van der Waals surface area contributed by atoms with Gasteiger partial charge in [-0.05, 0) is 44.9 Å². The van der Waals surface area contributed by atoms with Gasteiger partial charge < -0.3 is 10.2 Å². The first kappa shape index (κ1) is 14.0. The first-order chi connectivity index (χ1) is 8.24. The number of nitrogens with one attached hydrogen (secondary N) is 1. The summed E-state index contributed by atoms with van der Waals surface area (Å²) in [6, 6.07) is 11.2. The third-order valence-corrected chi connectivity index (χ3v) is 3.07. The van der Waals surface area contributed by atoms with Gasteiger partial charge in [0.2, 0.25) is 0 Å². The Morgan fingerprint density at radius 3 is 2.59 bits per heavy atom. The summed E-state index contributed by atoms with van der Waals surface area (Å²) >= 11 is 0. The fourth-order valence-electron chi connectivity index (χ4n) is 1.94. The first-order valence-electron chi connectivity index (χ1n) is 6.73. The normalized spacial score (nSPS) is 12.4. The van der Waals surface area contributed by atoms with Crippen molar-refractivity contribution in [3.63, 3.8) is 0 Å². The number of para-hydroxylation sites is 1. The Bertz CT molecular complexity index is 284. The lowest BCUT2D eigenvalue weighted by Gasteiger charge is -2.20. The molecule has 0 fully saturated rings. The van der Waals surface area contributed by atoms with Crippen LogP contribution in [0.1, 0.15) is 33.1 Å². The molecule has 0 radical (unpaired) electrons. The zero-order valence-corrected chi connectivity index (χ0v) is 11.4. The first-order valence-corrected chi connectivity index (χ1v) is 6.73. The van der Waals surface area contributed by atoms with E-state index in [1.54, 1.807) is 0 Å². The maximum Gasteiger partial charge on any atom is 0.0363 e. The molecule has 0 aliphatic carbocycles. The third kappa shape index (κ3) is 5.73. The molecule has 1 N–H and O–H groups in total. The van der Waals surface area contributed by atoms with Crippen molar-refractivity contribution < 1.29 is 0 Å². The standard InChI is InChI=1S/C15H26N2/c1-4-12-16-14(2)9-8-13-17(3)15-10-6-5-7-11-15/h5-7,10-11,14,16H,4,8-9,12-13H2,1-3H3. The topological polar surface area (TPSA) is 15.3 Å². The lowest BCUT2D eigenvalue weighted by molar-refractivity contribution is 0.499. The molecule has 0 saturated carbocycles. The van der Waals surface area contributed by atoms with E-state index in [1.165, 1.54) is 24.9 Å². The maximum atomic E-state index is 3.53. The van der Waals surface area contributed by atoms with Crippen molar-refractivity contribution in [1.82, 2.24) is 5.32 Å². The smallest absolute Gasteiger partial charge is 0.0363 e. The summed E-state index contributed by atoms with van der Waals surface area (Å²) in [5.74, 6) is 0. The molecule has 1 aromatic rings. The van der Waals surface area contributed by atoms with Gasteiger partial charge in [0.05, 0.1) is 0 Å². The summed E-state index contributed by atoms with van der Waals surface area (Å²) in [4.78, 5) is 2.33. The minimum Gasteiger partial charge on any atom is -0.375 e. The fourth-order valence-corrected chi connectivity index (χ4v) is 1.94. The molecule has 96 valence electrons. The van der Waals surface area contributed by atoms with Crippen molar-refractivity contribution in [3.8, 4) is 0 Å². The predicted octanol–water partition coefficient (Wildman–Crippen LogP) is 3.29. The molecular weight excluding hydrogens is 208 g/mol. The Morgan fingerprint density at radius 1 is 1.24 bits per heavy atom. The van der Waals surface area contributed by atoms with Crippen LogP contribution in [0.2, 0.25) is 0 Å². The van der Waals surface area contributed by atoms with Gasteiger partial charge >= 0.3 is 0 Å². The second kappa shape index (κ2) is 8.13. The zero-order chi connectivity index (χ0) is 12.5. The highest BCUT2D eigenvalue weighted by atomic mass is 15.1. The largest absolute Gasteiger partial charge is 0.375 e. The quantitative estimate of drug-likeness (QED) is 0.742. The van der Waals surface area contributed by atoms with E-state index in [1.807, 2.05) is 0 Å². The van der Waals surface area contributed by atoms with Gasteiger partial charge in [0.1, 0.15) is 0 Å². The summed E-state index contributed by atoms with van der Waals surface area (Å²) in [7, 11) is 2.17. The van der Waals surface area contributed by atoms with Gasteiger partial charge in [0.15, 0.2) is 0 Å². The molecule has 1 unspecified atom stereocenters. The highest BCUT2D eigenvalue weighted by Crippen LogP contribution is 2.11. The van der Waals surface area contributed by atoms with E-state index in [9.17, 15) is 0 Å². The van der Waals surface area contributed by atoms with Gasteiger partial charge in [-0.1, -0.05) is 25.1 Å². The van der Waals surface area contributed by atoms with Crippen LogP contribution in [0.25, 0.3) is 0 Å². The van der Waals surface area contributed by atoms with E-state index in [4.69, 9.17) is 0 Å². The Morgan fingerprint density at radius 2 is 1.94 bits per heavy atom.